The SMILES string of the molecule is CC(C)N(C)Cc1cccc(CNC(=O)C2CCNCC2)c1. The Bertz CT molecular complexity index is 481. The Morgan fingerprint density at radius 3 is 2.68 bits per heavy atom. The zero-order valence-corrected chi connectivity index (χ0v) is 14.1. The minimum atomic E-state index is 0.177. The van der Waals surface area contributed by atoms with Crippen LogP contribution in [0.3, 0.4) is 0 Å². The highest BCUT2D eigenvalue weighted by molar-refractivity contribution is 5.78. The van der Waals surface area contributed by atoms with Gasteiger partial charge in [-0.15, -0.1) is 0 Å². The maximum absolute atomic E-state index is 12.2. The van der Waals surface area contributed by atoms with Gasteiger partial charge < -0.3 is 10.6 Å². The van der Waals surface area contributed by atoms with E-state index in [9.17, 15) is 4.79 Å². The van der Waals surface area contributed by atoms with Gasteiger partial charge in [0.1, 0.15) is 0 Å². The average Bonchev–Trinajstić information content (AvgIpc) is 2.53. The summed E-state index contributed by atoms with van der Waals surface area (Å²) < 4.78 is 0. The van der Waals surface area contributed by atoms with Crippen molar-refractivity contribution in [2.45, 2.75) is 45.8 Å². The molecule has 122 valence electrons. The van der Waals surface area contributed by atoms with Gasteiger partial charge in [0.25, 0.3) is 0 Å². The molecule has 0 saturated carbocycles. The molecule has 0 radical (unpaired) electrons. The van der Waals surface area contributed by atoms with Crippen molar-refractivity contribution in [2.75, 3.05) is 20.1 Å². The molecule has 2 rings (SSSR count). The van der Waals surface area contributed by atoms with Crippen LogP contribution in [0.2, 0.25) is 0 Å². The van der Waals surface area contributed by atoms with Crippen molar-refractivity contribution in [3.8, 4) is 0 Å². The summed E-state index contributed by atoms with van der Waals surface area (Å²) in [5, 5.41) is 6.39. The van der Waals surface area contributed by atoms with E-state index in [4.69, 9.17) is 0 Å². The van der Waals surface area contributed by atoms with E-state index in [1.54, 1.807) is 0 Å². The second-order valence-corrected chi connectivity index (χ2v) is 6.57. The highest BCUT2D eigenvalue weighted by atomic mass is 16.1. The summed E-state index contributed by atoms with van der Waals surface area (Å²) in [6.07, 6.45) is 1.90. The first-order chi connectivity index (χ1) is 10.6. The first kappa shape index (κ1) is 17.0. The van der Waals surface area contributed by atoms with Crippen LogP contribution < -0.4 is 10.6 Å². The first-order valence-corrected chi connectivity index (χ1v) is 8.32. The predicted molar refractivity (Wildman–Crippen MR) is 90.5 cm³/mol. The molecular weight excluding hydrogens is 274 g/mol. The molecule has 4 nitrogen and oxygen atoms in total. The molecule has 1 heterocycles. The Kier molecular flexibility index (Phi) is 6.40. The fraction of sp³-hybridized carbons (Fsp3) is 0.611. The molecule has 1 aromatic carbocycles. The van der Waals surface area contributed by atoms with Crippen molar-refractivity contribution in [1.82, 2.24) is 15.5 Å². The number of piperidine rings is 1. The second-order valence-electron chi connectivity index (χ2n) is 6.57. The monoisotopic (exact) mass is 303 g/mol. The van der Waals surface area contributed by atoms with Crippen molar-refractivity contribution in [3.05, 3.63) is 35.4 Å². The molecular formula is C18H29N3O. The van der Waals surface area contributed by atoms with Crippen molar-refractivity contribution >= 4 is 5.91 Å². The van der Waals surface area contributed by atoms with Crippen LogP contribution in [0.5, 0.6) is 0 Å². The Labute approximate surface area is 134 Å². The van der Waals surface area contributed by atoms with E-state index in [-0.39, 0.29) is 11.8 Å². The van der Waals surface area contributed by atoms with Gasteiger partial charge >= 0.3 is 0 Å². The summed E-state index contributed by atoms with van der Waals surface area (Å²) in [4.78, 5) is 14.5. The Morgan fingerprint density at radius 1 is 1.32 bits per heavy atom. The quantitative estimate of drug-likeness (QED) is 0.846. The van der Waals surface area contributed by atoms with Gasteiger partial charge in [0.2, 0.25) is 5.91 Å². The number of benzene rings is 1. The summed E-state index contributed by atoms with van der Waals surface area (Å²) >= 11 is 0. The summed E-state index contributed by atoms with van der Waals surface area (Å²) in [5.74, 6) is 0.378. The van der Waals surface area contributed by atoms with Gasteiger partial charge in [0.05, 0.1) is 0 Å². The van der Waals surface area contributed by atoms with Crippen LogP contribution in [0.1, 0.15) is 37.8 Å². The van der Waals surface area contributed by atoms with Crippen LogP contribution in [0.25, 0.3) is 0 Å². The summed E-state index contributed by atoms with van der Waals surface area (Å²) in [7, 11) is 2.14. The smallest absolute Gasteiger partial charge is 0.223 e. The Balaban J connectivity index is 1.86. The third kappa shape index (κ3) is 5.11. The molecule has 1 saturated heterocycles. The number of carbonyl (C=O) groups is 1. The lowest BCUT2D eigenvalue weighted by molar-refractivity contribution is -0.125. The molecule has 22 heavy (non-hydrogen) atoms. The van der Waals surface area contributed by atoms with E-state index in [2.05, 4.69) is 60.7 Å². The first-order valence-electron chi connectivity index (χ1n) is 8.32. The molecule has 1 aliphatic heterocycles. The standard InChI is InChI=1S/C18H29N3O/c1-14(2)21(3)13-16-6-4-5-15(11-16)12-20-18(22)17-7-9-19-10-8-17/h4-6,11,14,17,19H,7-10,12-13H2,1-3H3,(H,20,22). The zero-order valence-electron chi connectivity index (χ0n) is 14.1. The van der Waals surface area contributed by atoms with Crippen molar-refractivity contribution in [3.63, 3.8) is 0 Å². The largest absolute Gasteiger partial charge is 0.352 e. The maximum Gasteiger partial charge on any atom is 0.223 e. The van der Waals surface area contributed by atoms with E-state index in [1.807, 2.05) is 0 Å². The number of carbonyl (C=O) groups excluding carboxylic acids is 1. The summed E-state index contributed by atoms with van der Waals surface area (Å²) in [5.41, 5.74) is 2.47. The highest BCUT2D eigenvalue weighted by Crippen LogP contribution is 2.13. The van der Waals surface area contributed by atoms with E-state index < -0.39 is 0 Å². The molecule has 0 aliphatic carbocycles. The fourth-order valence-electron chi connectivity index (χ4n) is 2.73. The minimum Gasteiger partial charge on any atom is -0.352 e. The van der Waals surface area contributed by atoms with Crippen LogP contribution in [0, 0.1) is 5.92 Å². The number of rotatable bonds is 6. The topological polar surface area (TPSA) is 44.4 Å². The lowest BCUT2D eigenvalue weighted by Crippen LogP contribution is -2.37. The molecule has 4 heteroatoms. The number of hydrogen-bond donors (Lipinski definition) is 2. The van der Waals surface area contributed by atoms with Gasteiger partial charge in [-0.3, -0.25) is 9.69 Å². The molecule has 2 N–H and O–H groups in total. The molecule has 0 aromatic heterocycles. The van der Waals surface area contributed by atoms with E-state index in [0.717, 1.165) is 32.5 Å². The number of nitrogens with zero attached hydrogens (tertiary/aromatic N) is 1. The Hall–Kier alpha value is -1.39. The number of amides is 1. The van der Waals surface area contributed by atoms with Gasteiger partial charge in [-0.1, -0.05) is 24.3 Å². The van der Waals surface area contributed by atoms with Gasteiger partial charge in [0, 0.05) is 25.0 Å². The van der Waals surface area contributed by atoms with Crippen LogP contribution in [0.4, 0.5) is 0 Å². The number of hydrogen-bond acceptors (Lipinski definition) is 3. The fourth-order valence-corrected chi connectivity index (χ4v) is 2.73. The maximum atomic E-state index is 12.2. The molecule has 1 amide bonds. The van der Waals surface area contributed by atoms with Crippen molar-refractivity contribution < 1.29 is 4.79 Å². The molecule has 0 bridgehead atoms. The highest BCUT2D eigenvalue weighted by Gasteiger charge is 2.20. The molecule has 0 atom stereocenters. The second kappa shape index (κ2) is 8.30. The molecule has 1 fully saturated rings. The Morgan fingerprint density at radius 2 is 2.00 bits per heavy atom. The van der Waals surface area contributed by atoms with Crippen LogP contribution >= 0.6 is 0 Å². The van der Waals surface area contributed by atoms with E-state index in [0.29, 0.717) is 12.6 Å². The van der Waals surface area contributed by atoms with Gasteiger partial charge in [-0.25, -0.2) is 0 Å². The summed E-state index contributed by atoms with van der Waals surface area (Å²) in [6, 6.07) is 9.04. The zero-order chi connectivity index (χ0) is 15.9. The van der Waals surface area contributed by atoms with Crippen LogP contribution in [-0.2, 0) is 17.9 Å². The molecule has 0 spiro atoms. The molecule has 1 aromatic rings. The van der Waals surface area contributed by atoms with Crippen LogP contribution in [-0.4, -0.2) is 37.0 Å². The average molecular weight is 303 g/mol. The van der Waals surface area contributed by atoms with E-state index in [1.165, 1.54) is 11.1 Å². The molecule has 1 aliphatic rings. The minimum absolute atomic E-state index is 0.177. The summed E-state index contributed by atoms with van der Waals surface area (Å²) in [6.45, 7) is 7.87. The van der Waals surface area contributed by atoms with E-state index >= 15 is 0 Å². The molecule has 0 unspecified atom stereocenters. The third-order valence-corrected chi connectivity index (χ3v) is 4.48. The number of nitrogens with one attached hydrogen (secondary N) is 2. The lowest BCUT2D eigenvalue weighted by Gasteiger charge is -2.22. The van der Waals surface area contributed by atoms with Gasteiger partial charge in [-0.05, 0) is 58.0 Å². The van der Waals surface area contributed by atoms with Crippen LogP contribution in [0.15, 0.2) is 24.3 Å². The lowest BCUT2D eigenvalue weighted by atomic mass is 9.97. The predicted octanol–water partition coefficient (Wildman–Crippen LogP) is 2.14. The van der Waals surface area contributed by atoms with Crippen molar-refractivity contribution in [2.24, 2.45) is 5.92 Å². The third-order valence-electron chi connectivity index (χ3n) is 4.48. The normalized spacial score (nSPS) is 16.2. The van der Waals surface area contributed by atoms with Gasteiger partial charge in [-0.2, -0.15) is 0 Å². The van der Waals surface area contributed by atoms with Crippen molar-refractivity contribution in [1.29, 1.82) is 0 Å². The van der Waals surface area contributed by atoms with Gasteiger partial charge in [0.15, 0.2) is 0 Å².